The summed E-state index contributed by atoms with van der Waals surface area (Å²) in [6.07, 6.45) is 0.567. The number of carbonyl (C=O) groups is 1. The number of rotatable bonds is 5. The molecule has 1 amide bonds. The predicted octanol–water partition coefficient (Wildman–Crippen LogP) is 5.11. The van der Waals surface area contributed by atoms with Crippen LogP contribution in [0.3, 0.4) is 0 Å². The lowest BCUT2D eigenvalue weighted by Gasteiger charge is -2.03. The summed E-state index contributed by atoms with van der Waals surface area (Å²) in [7, 11) is 1.83. The first-order valence-electron chi connectivity index (χ1n) is 8.77. The Morgan fingerprint density at radius 2 is 1.93 bits per heavy atom. The molecule has 5 nitrogen and oxygen atoms in total. The molecule has 1 N–H and O–H groups in total. The minimum Gasteiger partial charge on any atom is -0.461 e. The molecule has 2 heterocycles. The second kappa shape index (κ2) is 7.70. The Hall–Kier alpha value is -2.76. The SMILES string of the molecule is Cn1nc(C(=O)NCCc2ccc(-c3ccc(Cl)c(Cl)c3)o2)c2ccccc21. The van der Waals surface area contributed by atoms with Crippen LogP contribution in [0.5, 0.6) is 0 Å². The molecule has 142 valence electrons. The zero-order valence-electron chi connectivity index (χ0n) is 15.1. The van der Waals surface area contributed by atoms with Crippen molar-refractivity contribution in [2.24, 2.45) is 7.05 Å². The van der Waals surface area contributed by atoms with Crippen molar-refractivity contribution in [3.63, 3.8) is 0 Å². The van der Waals surface area contributed by atoms with Gasteiger partial charge in [-0.2, -0.15) is 5.10 Å². The van der Waals surface area contributed by atoms with Crippen LogP contribution >= 0.6 is 23.2 Å². The first-order chi connectivity index (χ1) is 13.5. The van der Waals surface area contributed by atoms with Gasteiger partial charge in [-0.3, -0.25) is 9.48 Å². The topological polar surface area (TPSA) is 60.1 Å². The van der Waals surface area contributed by atoms with E-state index >= 15 is 0 Å². The van der Waals surface area contributed by atoms with E-state index in [1.54, 1.807) is 16.8 Å². The molecule has 0 aliphatic carbocycles. The van der Waals surface area contributed by atoms with Gasteiger partial charge in [-0.15, -0.1) is 0 Å². The summed E-state index contributed by atoms with van der Waals surface area (Å²) < 4.78 is 7.56. The molecule has 0 aliphatic rings. The Kier molecular flexibility index (Phi) is 5.11. The molecule has 2 aromatic heterocycles. The van der Waals surface area contributed by atoms with Crippen molar-refractivity contribution >= 4 is 40.0 Å². The highest BCUT2D eigenvalue weighted by molar-refractivity contribution is 6.42. The zero-order chi connectivity index (χ0) is 19.7. The zero-order valence-corrected chi connectivity index (χ0v) is 16.6. The average Bonchev–Trinajstić information content (AvgIpc) is 3.29. The molecule has 0 radical (unpaired) electrons. The Morgan fingerprint density at radius 1 is 1.11 bits per heavy atom. The number of amides is 1. The monoisotopic (exact) mass is 413 g/mol. The van der Waals surface area contributed by atoms with Crippen LogP contribution in [0.15, 0.2) is 59.0 Å². The number of hydrogen-bond donors (Lipinski definition) is 1. The van der Waals surface area contributed by atoms with E-state index in [9.17, 15) is 4.79 Å². The van der Waals surface area contributed by atoms with Gasteiger partial charge >= 0.3 is 0 Å². The van der Waals surface area contributed by atoms with Crippen molar-refractivity contribution < 1.29 is 9.21 Å². The van der Waals surface area contributed by atoms with E-state index in [0.717, 1.165) is 22.2 Å². The fourth-order valence-electron chi connectivity index (χ4n) is 3.08. The Bertz CT molecular complexity index is 1160. The number of furan rings is 1. The molecule has 7 heteroatoms. The van der Waals surface area contributed by atoms with Gasteiger partial charge in [0.05, 0.1) is 15.6 Å². The molecular formula is C21H17Cl2N3O2. The number of hydrogen-bond acceptors (Lipinski definition) is 3. The van der Waals surface area contributed by atoms with Gasteiger partial charge in [0.15, 0.2) is 5.69 Å². The molecule has 0 unspecified atom stereocenters. The maximum atomic E-state index is 12.5. The third-order valence-electron chi connectivity index (χ3n) is 4.50. The van der Waals surface area contributed by atoms with E-state index in [0.29, 0.717) is 34.5 Å². The van der Waals surface area contributed by atoms with Crippen LogP contribution in [0.25, 0.3) is 22.2 Å². The summed E-state index contributed by atoms with van der Waals surface area (Å²) >= 11 is 12.0. The minimum atomic E-state index is -0.201. The van der Waals surface area contributed by atoms with E-state index < -0.39 is 0 Å². The lowest BCUT2D eigenvalue weighted by molar-refractivity contribution is 0.0949. The first kappa shape index (κ1) is 18.6. The minimum absolute atomic E-state index is 0.201. The quantitative estimate of drug-likeness (QED) is 0.494. The van der Waals surface area contributed by atoms with Gasteiger partial charge in [-0.1, -0.05) is 41.4 Å². The fraction of sp³-hybridized carbons (Fsp3) is 0.143. The summed E-state index contributed by atoms with van der Waals surface area (Å²) in [6.45, 7) is 0.443. The van der Waals surface area contributed by atoms with Crippen LogP contribution in [0, 0.1) is 0 Å². The molecule has 4 rings (SSSR count). The number of carbonyl (C=O) groups excluding carboxylic acids is 1. The number of aromatic nitrogens is 2. The molecule has 4 aromatic rings. The van der Waals surface area contributed by atoms with Gasteiger partial charge in [-0.25, -0.2) is 0 Å². The molecule has 2 aromatic carbocycles. The molecule has 0 saturated heterocycles. The normalized spacial score (nSPS) is 11.1. The number of nitrogens with zero attached hydrogens (tertiary/aromatic N) is 2. The maximum absolute atomic E-state index is 12.5. The van der Waals surface area contributed by atoms with Gasteiger partial charge < -0.3 is 9.73 Å². The van der Waals surface area contributed by atoms with Crippen LogP contribution in [-0.2, 0) is 13.5 Å². The molecule has 0 saturated carbocycles. The average molecular weight is 414 g/mol. The van der Waals surface area contributed by atoms with E-state index in [2.05, 4.69) is 10.4 Å². The van der Waals surface area contributed by atoms with E-state index in [-0.39, 0.29) is 5.91 Å². The van der Waals surface area contributed by atoms with Crippen molar-refractivity contribution in [1.82, 2.24) is 15.1 Å². The highest BCUT2D eigenvalue weighted by Gasteiger charge is 2.15. The van der Waals surface area contributed by atoms with Crippen LogP contribution in [-0.4, -0.2) is 22.2 Å². The summed E-state index contributed by atoms with van der Waals surface area (Å²) in [5.41, 5.74) is 2.20. The number of para-hydroxylation sites is 1. The number of nitrogens with one attached hydrogen (secondary N) is 1. The van der Waals surface area contributed by atoms with Gasteiger partial charge in [-0.05, 0) is 36.4 Å². The van der Waals surface area contributed by atoms with Gasteiger partial charge in [0.1, 0.15) is 11.5 Å². The van der Waals surface area contributed by atoms with Crippen molar-refractivity contribution in [3.05, 3.63) is 76.1 Å². The third kappa shape index (κ3) is 3.63. The molecule has 0 bridgehead atoms. The second-order valence-corrected chi connectivity index (χ2v) is 7.20. The number of halogens is 2. The Labute approximate surface area is 171 Å². The number of benzene rings is 2. The summed E-state index contributed by atoms with van der Waals surface area (Å²) in [5.74, 6) is 1.27. The standard InChI is InChI=1S/C21H17Cl2N3O2/c1-26-18-5-3-2-4-15(18)20(25-26)21(27)24-11-10-14-7-9-19(28-14)13-6-8-16(22)17(23)12-13/h2-9,12H,10-11H2,1H3,(H,24,27). The Morgan fingerprint density at radius 3 is 2.75 bits per heavy atom. The second-order valence-electron chi connectivity index (χ2n) is 6.39. The highest BCUT2D eigenvalue weighted by Crippen LogP contribution is 2.29. The van der Waals surface area contributed by atoms with Crippen LogP contribution in [0.4, 0.5) is 0 Å². The smallest absolute Gasteiger partial charge is 0.272 e. The van der Waals surface area contributed by atoms with Gasteiger partial charge in [0, 0.05) is 31.0 Å². The summed E-state index contributed by atoms with van der Waals surface area (Å²) in [6, 6.07) is 16.8. The van der Waals surface area contributed by atoms with E-state index in [1.165, 1.54) is 0 Å². The van der Waals surface area contributed by atoms with Crippen LogP contribution in [0.2, 0.25) is 10.0 Å². The lowest BCUT2D eigenvalue weighted by Crippen LogP contribution is -2.26. The first-order valence-corrected chi connectivity index (χ1v) is 9.52. The number of aryl methyl sites for hydroxylation is 1. The molecule has 0 spiro atoms. The summed E-state index contributed by atoms with van der Waals surface area (Å²) in [5, 5.41) is 9.05. The molecule has 0 atom stereocenters. The summed E-state index contributed by atoms with van der Waals surface area (Å²) in [4.78, 5) is 12.5. The highest BCUT2D eigenvalue weighted by atomic mass is 35.5. The van der Waals surface area contributed by atoms with Crippen LogP contribution < -0.4 is 5.32 Å². The van der Waals surface area contributed by atoms with Crippen molar-refractivity contribution in [3.8, 4) is 11.3 Å². The maximum Gasteiger partial charge on any atom is 0.272 e. The number of fused-ring (bicyclic) bond motifs is 1. The van der Waals surface area contributed by atoms with Gasteiger partial charge in [0.2, 0.25) is 0 Å². The Balaban J connectivity index is 1.41. The molecule has 0 aliphatic heterocycles. The van der Waals surface area contributed by atoms with Crippen molar-refractivity contribution in [1.29, 1.82) is 0 Å². The lowest BCUT2D eigenvalue weighted by atomic mass is 10.2. The van der Waals surface area contributed by atoms with Gasteiger partial charge in [0.25, 0.3) is 5.91 Å². The molecular weight excluding hydrogens is 397 g/mol. The van der Waals surface area contributed by atoms with E-state index in [4.69, 9.17) is 27.6 Å². The van der Waals surface area contributed by atoms with Crippen molar-refractivity contribution in [2.45, 2.75) is 6.42 Å². The van der Waals surface area contributed by atoms with E-state index in [1.807, 2.05) is 49.5 Å². The molecule has 0 fully saturated rings. The fourth-order valence-corrected chi connectivity index (χ4v) is 3.38. The van der Waals surface area contributed by atoms with Crippen LogP contribution in [0.1, 0.15) is 16.2 Å². The third-order valence-corrected chi connectivity index (χ3v) is 5.23. The molecule has 28 heavy (non-hydrogen) atoms. The van der Waals surface area contributed by atoms with Crippen molar-refractivity contribution in [2.75, 3.05) is 6.54 Å². The largest absolute Gasteiger partial charge is 0.461 e. The predicted molar refractivity (Wildman–Crippen MR) is 111 cm³/mol.